The third-order valence-corrected chi connectivity index (χ3v) is 2.75. The van der Waals surface area contributed by atoms with Crippen molar-refractivity contribution < 1.29 is 0 Å². The molecule has 3 heteroatoms. The summed E-state index contributed by atoms with van der Waals surface area (Å²) < 4.78 is 0. The van der Waals surface area contributed by atoms with E-state index in [4.69, 9.17) is 11.6 Å². The molecule has 0 aliphatic heterocycles. The molecule has 1 aromatic heterocycles. The highest BCUT2D eigenvalue weighted by molar-refractivity contribution is 7.09. The van der Waals surface area contributed by atoms with E-state index in [2.05, 4.69) is 23.4 Å². The molecule has 0 aromatic carbocycles. The summed E-state index contributed by atoms with van der Waals surface area (Å²) >= 11 is 7.40. The maximum atomic E-state index is 5.73. The van der Waals surface area contributed by atoms with Crippen molar-refractivity contribution >= 4 is 29.0 Å². The Balaban J connectivity index is 2.78. The Labute approximate surface area is 82.1 Å². The molecular formula is C9H12ClNS. The molecule has 1 nitrogen and oxygen atoms in total. The van der Waals surface area contributed by atoms with Crippen LogP contribution in [0, 0.1) is 6.92 Å². The number of hydrogen-bond donors (Lipinski definition) is 0. The van der Waals surface area contributed by atoms with Crippen molar-refractivity contribution in [3.63, 3.8) is 0 Å². The van der Waals surface area contributed by atoms with Crippen LogP contribution in [0.1, 0.15) is 24.0 Å². The third-order valence-electron chi connectivity index (χ3n) is 1.61. The van der Waals surface area contributed by atoms with Crippen LogP contribution in [0.3, 0.4) is 0 Å². The van der Waals surface area contributed by atoms with Gasteiger partial charge >= 0.3 is 0 Å². The SMILES string of the molecule is CCC(=Cc1csc(C)n1)CCl. The van der Waals surface area contributed by atoms with Crippen LogP contribution in [0.4, 0.5) is 0 Å². The van der Waals surface area contributed by atoms with Crippen LogP contribution in [0.5, 0.6) is 0 Å². The number of thiazole rings is 1. The summed E-state index contributed by atoms with van der Waals surface area (Å²) in [5.41, 5.74) is 2.27. The zero-order chi connectivity index (χ0) is 8.97. The van der Waals surface area contributed by atoms with Crippen LogP contribution in [0.15, 0.2) is 11.0 Å². The molecule has 0 amide bonds. The molecule has 1 heterocycles. The lowest BCUT2D eigenvalue weighted by atomic mass is 10.2. The van der Waals surface area contributed by atoms with Gasteiger partial charge in [0.15, 0.2) is 0 Å². The Hall–Kier alpha value is -0.340. The molecule has 1 rings (SSSR count). The van der Waals surface area contributed by atoms with E-state index < -0.39 is 0 Å². The Morgan fingerprint density at radius 3 is 2.92 bits per heavy atom. The van der Waals surface area contributed by atoms with Gasteiger partial charge in [-0.25, -0.2) is 4.98 Å². The van der Waals surface area contributed by atoms with E-state index in [1.54, 1.807) is 11.3 Å². The van der Waals surface area contributed by atoms with Gasteiger partial charge in [-0.1, -0.05) is 12.5 Å². The van der Waals surface area contributed by atoms with Crippen LogP contribution in [-0.4, -0.2) is 10.9 Å². The van der Waals surface area contributed by atoms with Crippen LogP contribution in [0.2, 0.25) is 0 Å². The van der Waals surface area contributed by atoms with Crippen LogP contribution in [0.25, 0.3) is 6.08 Å². The second kappa shape index (κ2) is 4.63. The molecule has 0 unspecified atom stereocenters. The minimum Gasteiger partial charge on any atom is -0.242 e. The van der Waals surface area contributed by atoms with Gasteiger partial charge in [0.05, 0.1) is 10.7 Å². The van der Waals surface area contributed by atoms with E-state index in [0.717, 1.165) is 17.1 Å². The van der Waals surface area contributed by atoms with E-state index in [0.29, 0.717) is 5.88 Å². The summed E-state index contributed by atoms with van der Waals surface area (Å²) in [5, 5.41) is 3.16. The molecule has 0 aliphatic rings. The van der Waals surface area contributed by atoms with Gasteiger partial charge in [-0.05, 0) is 19.4 Å². The molecular weight excluding hydrogens is 190 g/mol. The maximum Gasteiger partial charge on any atom is 0.0901 e. The number of allylic oxidation sites excluding steroid dienone is 1. The first-order valence-corrected chi connectivity index (χ1v) is 5.35. The lowest BCUT2D eigenvalue weighted by Gasteiger charge is -1.95. The number of rotatable bonds is 3. The summed E-state index contributed by atoms with van der Waals surface area (Å²) in [4.78, 5) is 4.33. The smallest absolute Gasteiger partial charge is 0.0901 e. The zero-order valence-electron chi connectivity index (χ0n) is 7.30. The molecule has 0 atom stereocenters. The number of nitrogens with zero attached hydrogens (tertiary/aromatic N) is 1. The van der Waals surface area contributed by atoms with Crippen molar-refractivity contribution in [2.45, 2.75) is 20.3 Å². The molecule has 0 N–H and O–H groups in total. The second-order valence-electron chi connectivity index (χ2n) is 2.58. The molecule has 0 fully saturated rings. The molecule has 0 spiro atoms. The maximum absolute atomic E-state index is 5.73. The predicted octanol–water partition coefficient (Wildman–Crippen LogP) is 3.48. The van der Waals surface area contributed by atoms with E-state index >= 15 is 0 Å². The van der Waals surface area contributed by atoms with Crippen molar-refractivity contribution in [3.8, 4) is 0 Å². The minimum absolute atomic E-state index is 0.604. The molecule has 0 bridgehead atoms. The topological polar surface area (TPSA) is 12.9 Å². The fourth-order valence-electron chi connectivity index (χ4n) is 0.891. The summed E-state index contributed by atoms with van der Waals surface area (Å²) in [7, 11) is 0. The van der Waals surface area contributed by atoms with Gasteiger partial charge in [-0.15, -0.1) is 22.9 Å². The van der Waals surface area contributed by atoms with Gasteiger partial charge in [0.2, 0.25) is 0 Å². The van der Waals surface area contributed by atoms with E-state index in [9.17, 15) is 0 Å². The lowest BCUT2D eigenvalue weighted by molar-refractivity contribution is 1.11. The average Bonchev–Trinajstić information content (AvgIpc) is 2.47. The van der Waals surface area contributed by atoms with E-state index in [-0.39, 0.29) is 0 Å². The molecule has 0 radical (unpaired) electrons. The van der Waals surface area contributed by atoms with Gasteiger partial charge in [0.1, 0.15) is 0 Å². The molecule has 66 valence electrons. The van der Waals surface area contributed by atoms with Gasteiger partial charge in [0, 0.05) is 11.3 Å². The average molecular weight is 202 g/mol. The summed E-state index contributed by atoms with van der Waals surface area (Å²) in [6.45, 7) is 4.11. The van der Waals surface area contributed by atoms with Crippen molar-refractivity contribution in [1.29, 1.82) is 0 Å². The third kappa shape index (κ3) is 2.61. The lowest BCUT2D eigenvalue weighted by Crippen LogP contribution is -1.82. The molecule has 12 heavy (non-hydrogen) atoms. The van der Waals surface area contributed by atoms with Crippen LogP contribution >= 0.6 is 22.9 Å². The first-order chi connectivity index (χ1) is 5.76. The molecule has 1 aromatic rings. The first-order valence-electron chi connectivity index (χ1n) is 3.93. The first kappa shape index (κ1) is 9.75. The van der Waals surface area contributed by atoms with Gasteiger partial charge in [-0.3, -0.25) is 0 Å². The number of aryl methyl sites for hydroxylation is 1. The summed E-state index contributed by atoms with van der Waals surface area (Å²) in [6.07, 6.45) is 3.07. The molecule has 0 aliphatic carbocycles. The van der Waals surface area contributed by atoms with Crippen LogP contribution in [-0.2, 0) is 0 Å². The summed E-state index contributed by atoms with van der Waals surface area (Å²) in [5.74, 6) is 0.604. The Morgan fingerprint density at radius 1 is 1.75 bits per heavy atom. The van der Waals surface area contributed by atoms with Gasteiger partial charge in [-0.2, -0.15) is 0 Å². The van der Waals surface area contributed by atoms with Crippen LogP contribution < -0.4 is 0 Å². The van der Waals surface area contributed by atoms with Gasteiger partial charge in [0.25, 0.3) is 0 Å². The zero-order valence-corrected chi connectivity index (χ0v) is 8.87. The van der Waals surface area contributed by atoms with E-state index in [1.165, 1.54) is 5.57 Å². The highest BCUT2D eigenvalue weighted by Crippen LogP contribution is 2.13. The van der Waals surface area contributed by atoms with Crippen molar-refractivity contribution in [1.82, 2.24) is 4.98 Å². The Kier molecular flexibility index (Phi) is 3.76. The molecule has 0 saturated carbocycles. The Morgan fingerprint density at radius 2 is 2.50 bits per heavy atom. The summed E-state index contributed by atoms with van der Waals surface area (Å²) in [6, 6.07) is 0. The second-order valence-corrected chi connectivity index (χ2v) is 3.91. The minimum atomic E-state index is 0.604. The number of alkyl halides is 1. The van der Waals surface area contributed by atoms with Crippen molar-refractivity contribution in [2.24, 2.45) is 0 Å². The largest absolute Gasteiger partial charge is 0.242 e. The van der Waals surface area contributed by atoms with Crippen molar-refractivity contribution in [3.05, 3.63) is 21.7 Å². The number of halogens is 1. The van der Waals surface area contributed by atoms with Crippen molar-refractivity contribution in [2.75, 3.05) is 5.88 Å². The standard InChI is InChI=1S/C9H12ClNS/c1-3-8(5-10)4-9-6-12-7(2)11-9/h4,6H,3,5H2,1-2H3. The highest BCUT2D eigenvalue weighted by atomic mass is 35.5. The highest BCUT2D eigenvalue weighted by Gasteiger charge is 1.96. The van der Waals surface area contributed by atoms with E-state index in [1.807, 2.05) is 6.92 Å². The normalized spacial score (nSPS) is 12.1. The quantitative estimate of drug-likeness (QED) is 0.683. The predicted molar refractivity (Wildman–Crippen MR) is 55.8 cm³/mol. The molecule has 0 saturated heterocycles. The van der Waals surface area contributed by atoms with Gasteiger partial charge < -0.3 is 0 Å². The fraction of sp³-hybridized carbons (Fsp3) is 0.444. The monoisotopic (exact) mass is 201 g/mol. The Bertz CT molecular complexity index is 272. The number of hydrogen-bond acceptors (Lipinski definition) is 2. The fourth-order valence-corrected chi connectivity index (χ4v) is 1.73. The number of aromatic nitrogens is 1.